The van der Waals surface area contributed by atoms with Gasteiger partial charge < -0.3 is 0 Å². The van der Waals surface area contributed by atoms with Gasteiger partial charge in [-0.25, -0.2) is 13.2 Å². The van der Waals surface area contributed by atoms with Crippen LogP contribution >= 0.6 is 0 Å². The van der Waals surface area contributed by atoms with Crippen LogP contribution in [0.3, 0.4) is 0 Å². The van der Waals surface area contributed by atoms with Gasteiger partial charge in [0.2, 0.25) is 0 Å². The molecule has 0 aromatic heterocycles. The predicted octanol–water partition coefficient (Wildman–Crippen LogP) is 12.6. The van der Waals surface area contributed by atoms with Crippen molar-refractivity contribution in [3.05, 3.63) is 95.3 Å². The third-order valence-corrected chi connectivity index (χ3v) is 10.4. The highest BCUT2D eigenvalue weighted by atomic mass is 19.2. The van der Waals surface area contributed by atoms with Crippen LogP contribution in [0.4, 0.5) is 13.2 Å². The molecule has 43 heavy (non-hydrogen) atoms. The largest absolute Gasteiger partial charge is 0.206 e. The van der Waals surface area contributed by atoms with Crippen LogP contribution in [0.2, 0.25) is 0 Å². The fraction of sp³-hybridized carbons (Fsp3) is 0.500. The molecule has 2 fully saturated rings. The number of allylic oxidation sites excluding steroid dienone is 2. The van der Waals surface area contributed by atoms with Crippen LogP contribution in [0, 0.1) is 35.2 Å². The Morgan fingerprint density at radius 2 is 1.26 bits per heavy atom. The normalized spacial score (nSPS) is 22.7. The van der Waals surface area contributed by atoms with Crippen molar-refractivity contribution in [3.8, 4) is 22.3 Å². The zero-order valence-corrected chi connectivity index (χ0v) is 26.2. The van der Waals surface area contributed by atoms with Crippen molar-refractivity contribution in [3.63, 3.8) is 0 Å². The molecule has 3 aromatic carbocycles. The van der Waals surface area contributed by atoms with Crippen molar-refractivity contribution in [2.75, 3.05) is 0 Å². The minimum absolute atomic E-state index is 0.213. The Balaban J connectivity index is 1.18. The monoisotopic (exact) mass is 586 g/mol. The molecule has 0 atom stereocenters. The second-order valence-electron chi connectivity index (χ2n) is 13.2. The average molecular weight is 587 g/mol. The van der Waals surface area contributed by atoms with E-state index >= 15 is 8.78 Å². The fourth-order valence-corrected chi connectivity index (χ4v) is 7.78. The van der Waals surface area contributed by atoms with Gasteiger partial charge in [-0.2, -0.15) is 0 Å². The lowest BCUT2D eigenvalue weighted by Crippen LogP contribution is -2.25. The van der Waals surface area contributed by atoms with E-state index < -0.39 is 11.6 Å². The molecule has 0 amide bonds. The number of benzene rings is 3. The third kappa shape index (κ3) is 7.83. The van der Waals surface area contributed by atoms with Crippen LogP contribution in [-0.4, -0.2) is 0 Å². The number of unbranched alkanes of at least 4 members (excludes halogenated alkanes) is 4. The topological polar surface area (TPSA) is 0 Å². The molecule has 0 aliphatic heterocycles. The molecule has 0 saturated heterocycles. The van der Waals surface area contributed by atoms with Gasteiger partial charge in [0, 0.05) is 11.1 Å². The fourth-order valence-electron chi connectivity index (χ4n) is 7.78. The molecular weight excluding hydrogens is 537 g/mol. The molecule has 5 rings (SSSR count). The summed E-state index contributed by atoms with van der Waals surface area (Å²) in [5.74, 6) is 1.15. The first-order valence-corrected chi connectivity index (χ1v) is 17.0. The molecule has 0 bridgehead atoms. The lowest BCUT2D eigenvalue weighted by Gasteiger charge is -2.37. The first kappa shape index (κ1) is 31.6. The number of aryl methyl sites for hydroxylation is 1. The number of rotatable bonds is 11. The van der Waals surface area contributed by atoms with Gasteiger partial charge in [-0.15, -0.1) is 0 Å². The highest BCUT2D eigenvalue weighted by molar-refractivity contribution is 5.71. The minimum Gasteiger partial charge on any atom is -0.206 e. The summed E-state index contributed by atoms with van der Waals surface area (Å²) in [6.07, 6.45) is 20.7. The molecule has 0 spiro atoms. The van der Waals surface area contributed by atoms with Crippen LogP contribution in [-0.2, 0) is 6.42 Å². The Hall–Kier alpha value is -2.81. The Bertz CT molecular complexity index is 1340. The SMILES string of the molecule is CC=CC1CCC(C2CCC(c3ccc(-c4ccc(-c5ccc(CCCCCCC)c(F)c5F)cc4)c(F)c3)CC2)CC1. The van der Waals surface area contributed by atoms with E-state index in [9.17, 15) is 4.39 Å². The second kappa shape index (κ2) is 15.3. The van der Waals surface area contributed by atoms with E-state index in [0.717, 1.165) is 67.4 Å². The Morgan fingerprint density at radius 1 is 0.651 bits per heavy atom. The maximum Gasteiger partial charge on any atom is 0.166 e. The van der Waals surface area contributed by atoms with Gasteiger partial charge in [-0.05, 0) is 123 Å². The summed E-state index contributed by atoms with van der Waals surface area (Å²) in [6, 6.07) is 16.2. The van der Waals surface area contributed by atoms with Crippen LogP contribution < -0.4 is 0 Å². The lowest BCUT2D eigenvalue weighted by molar-refractivity contribution is 0.171. The number of halogens is 3. The van der Waals surface area contributed by atoms with E-state index in [4.69, 9.17) is 0 Å². The second-order valence-corrected chi connectivity index (χ2v) is 13.2. The first-order valence-electron chi connectivity index (χ1n) is 17.0. The molecule has 0 N–H and O–H groups in total. The first-order chi connectivity index (χ1) is 21.0. The predicted molar refractivity (Wildman–Crippen MR) is 175 cm³/mol. The Labute approximate surface area is 257 Å². The van der Waals surface area contributed by atoms with Gasteiger partial charge in [-0.3, -0.25) is 0 Å². The van der Waals surface area contributed by atoms with Crippen molar-refractivity contribution in [1.82, 2.24) is 0 Å². The van der Waals surface area contributed by atoms with E-state index in [-0.39, 0.29) is 11.4 Å². The average Bonchev–Trinajstić information content (AvgIpc) is 3.04. The van der Waals surface area contributed by atoms with Gasteiger partial charge in [0.25, 0.3) is 0 Å². The van der Waals surface area contributed by atoms with Crippen molar-refractivity contribution in [2.24, 2.45) is 17.8 Å². The van der Waals surface area contributed by atoms with Crippen LogP contribution in [0.1, 0.15) is 114 Å². The molecule has 0 radical (unpaired) electrons. The minimum atomic E-state index is -0.801. The smallest absolute Gasteiger partial charge is 0.166 e. The summed E-state index contributed by atoms with van der Waals surface area (Å²) in [4.78, 5) is 0. The summed E-state index contributed by atoms with van der Waals surface area (Å²) in [5.41, 5.74) is 3.68. The number of hydrogen-bond acceptors (Lipinski definition) is 0. The molecular formula is C40H49F3. The molecule has 3 heteroatoms. The van der Waals surface area contributed by atoms with Crippen LogP contribution in [0.5, 0.6) is 0 Å². The van der Waals surface area contributed by atoms with Crippen molar-refractivity contribution in [1.29, 1.82) is 0 Å². The maximum atomic E-state index is 15.4. The summed E-state index contributed by atoms with van der Waals surface area (Å²) in [6.45, 7) is 4.29. The summed E-state index contributed by atoms with van der Waals surface area (Å²) in [7, 11) is 0. The molecule has 3 aromatic rings. The third-order valence-electron chi connectivity index (χ3n) is 10.4. The van der Waals surface area contributed by atoms with Gasteiger partial charge in [-0.1, -0.05) is 93.3 Å². The van der Waals surface area contributed by atoms with E-state index in [1.165, 1.54) is 44.9 Å². The van der Waals surface area contributed by atoms with E-state index in [2.05, 4.69) is 32.1 Å². The highest BCUT2D eigenvalue weighted by Gasteiger charge is 2.31. The van der Waals surface area contributed by atoms with Gasteiger partial charge in [0.15, 0.2) is 11.6 Å². The standard InChI is InChI=1S/C40H49F3/c1-3-5-6-7-8-10-34-23-26-37(40(43)39(34)42)33-21-19-32(20-22-33)36-25-24-35(27-38(36)41)31-17-15-30(16-18-31)29-13-11-28(9-4-2)12-14-29/h4,9,19-31H,3,5-8,10-18H2,1-2H3. The Kier molecular flexibility index (Phi) is 11.2. The van der Waals surface area contributed by atoms with E-state index in [1.54, 1.807) is 30.3 Å². The number of hydrogen-bond donors (Lipinski definition) is 0. The quantitative estimate of drug-likeness (QED) is 0.155. The zero-order chi connectivity index (χ0) is 30.2. The van der Waals surface area contributed by atoms with Crippen molar-refractivity contribution >= 4 is 0 Å². The molecule has 2 aliphatic carbocycles. The van der Waals surface area contributed by atoms with E-state index in [1.807, 2.05) is 18.2 Å². The Morgan fingerprint density at radius 3 is 1.88 bits per heavy atom. The summed E-state index contributed by atoms with van der Waals surface area (Å²) in [5, 5.41) is 0. The molecule has 2 aliphatic rings. The molecule has 0 nitrogen and oxygen atoms in total. The summed E-state index contributed by atoms with van der Waals surface area (Å²) >= 11 is 0. The van der Waals surface area contributed by atoms with Crippen LogP contribution in [0.25, 0.3) is 22.3 Å². The van der Waals surface area contributed by atoms with Crippen LogP contribution in [0.15, 0.2) is 66.7 Å². The van der Waals surface area contributed by atoms with Gasteiger partial charge in [0.1, 0.15) is 5.82 Å². The lowest BCUT2D eigenvalue weighted by atomic mass is 9.68. The zero-order valence-electron chi connectivity index (χ0n) is 26.2. The van der Waals surface area contributed by atoms with Crippen molar-refractivity contribution in [2.45, 2.75) is 110 Å². The molecule has 0 unspecified atom stereocenters. The van der Waals surface area contributed by atoms with Gasteiger partial charge >= 0.3 is 0 Å². The van der Waals surface area contributed by atoms with E-state index in [0.29, 0.717) is 29.0 Å². The van der Waals surface area contributed by atoms with Crippen molar-refractivity contribution < 1.29 is 13.2 Å². The highest BCUT2D eigenvalue weighted by Crippen LogP contribution is 2.44. The molecule has 230 valence electrons. The molecule has 0 heterocycles. The summed E-state index contributed by atoms with van der Waals surface area (Å²) < 4.78 is 45.3. The van der Waals surface area contributed by atoms with Gasteiger partial charge in [0.05, 0.1) is 0 Å². The molecule has 2 saturated carbocycles. The maximum absolute atomic E-state index is 15.4.